The van der Waals surface area contributed by atoms with Crippen LogP contribution in [0, 0.1) is 0 Å². The van der Waals surface area contributed by atoms with Crippen molar-refractivity contribution in [1.82, 2.24) is 10.2 Å². The maximum absolute atomic E-state index is 12.4. The van der Waals surface area contributed by atoms with Gasteiger partial charge in [-0.3, -0.25) is 4.79 Å². The summed E-state index contributed by atoms with van der Waals surface area (Å²) in [5, 5.41) is 9.40. The number of furan rings is 1. The second-order valence-corrected chi connectivity index (χ2v) is 8.49. The molecule has 0 bridgehead atoms. The van der Waals surface area contributed by atoms with Gasteiger partial charge in [-0.05, 0) is 35.2 Å². The average molecular weight is 392 g/mol. The lowest BCUT2D eigenvalue weighted by atomic mass is 9.87. The number of nitrogens with zero attached hydrogens (tertiary/aromatic N) is 2. The van der Waals surface area contributed by atoms with Crippen molar-refractivity contribution in [3.8, 4) is 11.5 Å². The molecular weight excluding hydrogens is 372 g/mol. The van der Waals surface area contributed by atoms with Crippen LogP contribution in [0.15, 0.2) is 68.7 Å². The lowest BCUT2D eigenvalue weighted by Gasteiger charge is -2.18. The molecule has 0 atom stereocenters. The van der Waals surface area contributed by atoms with E-state index in [0.29, 0.717) is 22.5 Å². The third-order valence-corrected chi connectivity index (χ3v) is 5.25. The number of ketones is 1. The fraction of sp³-hybridized carbons (Fsp3) is 0.227. The van der Waals surface area contributed by atoms with Crippen molar-refractivity contribution >= 4 is 28.5 Å². The van der Waals surface area contributed by atoms with Crippen LogP contribution in [0.4, 0.5) is 0 Å². The van der Waals surface area contributed by atoms with Crippen LogP contribution in [0.2, 0.25) is 0 Å². The molecule has 2 aromatic carbocycles. The quantitative estimate of drug-likeness (QED) is 0.318. The summed E-state index contributed by atoms with van der Waals surface area (Å²) in [5.74, 6) is 0.838. The Morgan fingerprint density at radius 2 is 1.75 bits per heavy atom. The van der Waals surface area contributed by atoms with Gasteiger partial charge in [-0.1, -0.05) is 62.9 Å². The highest BCUT2D eigenvalue weighted by atomic mass is 32.2. The van der Waals surface area contributed by atoms with Gasteiger partial charge in [-0.25, -0.2) is 0 Å². The third-order valence-electron chi connectivity index (χ3n) is 4.43. The van der Waals surface area contributed by atoms with Gasteiger partial charge in [0.25, 0.3) is 5.22 Å². The number of Topliss-reactive ketones (excluding diaryl/α,β-unsaturated/α-hetero) is 1. The molecule has 4 aromatic rings. The van der Waals surface area contributed by atoms with Gasteiger partial charge >= 0.3 is 0 Å². The highest BCUT2D eigenvalue weighted by Gasteiger charge is 2.17. The predicted octanol–water partition coefficient (Wildman–Crippen LogP) is 5.76. The number of carbonyl (C=O) groups is 1. The van der Waals surface area contributed by atoms with Crippen molar-refractivity contribution in [1.29, 1.82) is 0 Å². The first kappa shape index (κ1) is 18.5. The number of aromatic nitrogens is 2. The summed E-state index contributed by atoms with van der Waals surface area (Å²) in [6.07, 6.45) is 0. The van der Waals surface area contributed by atoms with Crippen molar-refractivity contribution in [3.05, 3.63) is 65.9 Å². The van der Waals surface area contributed by atoms with Gasteiger partial charge in [0.1, 0.15) is 5.58 Å². The molecule has 4 rings (SSSR count). The summed E-state index contributed by atoms with van der Waals surface area (Å²) in [4.78, 5) is 12.4. The van der Waals surface area contributed by atoms with Gasteiger partial charge < -0.3 is 8.83 Å². The molecule has 0 aliphatic rings. The van der Waals surface area contributed by atoms with E-state index in [9.17, 15) is 4.79 Å². The summed E-state index contributed by atoms with van der Waals surface area (Å²) in [7, 11) is 0. The number of carbonyl (C=O) groups excluding carboxylic acids is 1. The summed E-state index contributed by atoms with van der Waals surface area (Å²) < 4.78 is 11.3. The van der Waals surface area contributed by atoms with E-state index in [1.165, 1.54) is 17.3 Å². The fourth-order valence-corrected chi connectivity index (χ4v) is 3.45. The summed E-state index contributed by atoms with van der Waals surface area (Å²) in [6, 6.07) is 17.4. The molecule has 0 amide bonds. The van der Waals surface area contributed by atoms with Crippen LogP contribution in [0.1, 0.15) is 36.9 Å². The summed E-state index contributed by atoms with van der Waals surface area (Å²) in [6.45, 7) is 6.51. The van der Waals surface area contributed by atoms with Crippen molar-refractivity contribution < 1.29 is 13.6 Å². The first-order valence-corrected chi connectivity index (χ1v) is 9.98. The molecule has 0 N–H and O–H groups in total. The zero-order valence-corrected chi connectivity index (χ0v) is 16.7. The van der Waals surface area contributed by atoms with Gasteiger partial charge in [0.05, 0.1) is 5.75 Å². The van der Waals surface area contributed by atoms with Gasteiger partial charge in [0.2, 0.25) is 11.7 Å². The maximum atomic E-state index is 12.4. The van der Waals surface area contributed by atoms with E-state index >= 15 is 0 Å². The molecule has 0 saturated carbocycles. The molecule has 2 aromatic heterocycles. The van der Waals surface area contributed by atoms with E-state index in [1.807, 2.05) is 36.4 Å². The van der Waals surface area contributed by atoms with Crippen LogP contribution in [-0.2, 0) is 5.41 Å². The predicted molar refractivity (Wildman–Crippen MR) is 110 cm³/mol. The Morgan fingerprint density at radius 1 is 1.00 bits per heavy atom. The topological polar surface area (TPSA) is 69.1 Å². The molecule has 0 fully saturated rings. The molecule has 6 heteroatoms. The van der Waals surface area contributed by atoms with Crippen LogP contribution in [0.25, 0.3) is 22.4 Å². The molecule has 2 heterocycles. The van der Waals surface area contributed by atoms with Crippen molar-refractivity contribution in [3.63, 3.8) is 0 Å². The Bertz CT molecular complexity index is 1090. The number of thioether (sulfide) groups is 1. The lowest BCUT2D eigenvalue weighted by Crippen LogP contribution is -2.10. The van der Waals surface area contributed by atoms with E-state index in [-0.39, 0.29) is 17.0 Å². The Morgan fingerprint density at radius 3 is 2.46 bits per heavy atom. The molecule has 0 radical (unpaired) electrons. The molecule has 0 unspecified atom stereocenters. The number of para-hydroxylation sites is 1. The molecule has 0 aliphatic heterocycles. The number of hydrogen-bond acceptors (Lipinski definition) is 6. The molecule has 0 saturated heterocycles. The minimum absolute atomic E-state index is 0.0887. The summed E-state index contributed by atoms with van der Waals surface area (Å²) >= 11 is 1.21. The number of fused-ring (bicyclic) bond motifs is 1. The van der Waals surface area contributed by atoms with Crippen LogP contribution < -0.4 is 0 Å². The van der Waals surface area contributed by atoms with Crippen molar-refractivity contribution in [2.24, 2.45) is 0 Å². The van der Waals surface area contributed by atoms with Gasteiger partial charge in [-0.2, -0.15) is 0 Å². The maximum Gasteiger partial charge on any atom is 0.277 e. The lowest BCUT2D eigenvalue weighted by molar-refractivity contribution is 0.0994. The van der Waals surface area contributed by atoms with Crippen LogP contribution >= 0.6 is 11.8 Å². The minimum Gasteiger partial charge on any atom is -0.453 e. The van der Waals surface area contributed by atoms with Crippen LogP contribution in [0.5, 0.6) is 0 Å². The monoisotopic (exact) mass is 392 g/mol. The highest BCUT2D eigenvalue weighted by Crippen LogP contribution is 2.28. The standard InChI is InChI=1S/C22H20N2O3S/c1-22(2,3)16-10-8-14(9-11-16)20-23-24-21(27-20)28-13-17(25)19-12-15-6-4-5-7-18(15)26-19/h4-12H,13H2,1-3H3. The molecule has 28 heavy (non-hydrogen) atoms. The van der Waals surface area contributed by atoms with E-state index in [2.05, 4.69) is 43.1 Å². The SMILES string of the molecule is CC(C)(C)c1ccc(-c2nnc(SCC(=O)c3cc4ccccc4o3)o2)cc1. The zero-order chi connectivity index (χ0) is 19.7. The Balaban J connectivity index is 1.42. The Kier molecular flexibility index (Phi) is 4.81. The van der Waals surface area contributed by atoms with Crippen molar-refractivity contribution in [2.75, 3.05) is 5.75 Å². The van der Waals surface area contributed by atoms with E-state index in [4.69, 9.17) is 8.83 Å². The zero-order valence-electron chi connectivity index (χ0n) is 15.9. The second-order valence-electron chi connectivity index (χ2n) is 7.56. The number of benzene rings is 2. The smallest absolute Gasteiger partial charge is 0.277 e. The Labute approximate surface area is 167 Å². The average Bonchev–Trinajstić information content (AvgIpc) is 3.32. The van der Waals surface area contributed by atoms with E-state index in [0.717, 1.165) is 10.9 Å². The number of hydrogen-bond donors (Lipinski definition) is 0. The van der Waals surface area contributed by atoms with E-state index in [1.54, 1.807) is 6.07 Å². The fourth-order valence-electron chi connectivity index (χ4n) is 2.82. The molecule has 142 valence electrons. The minimum atomic E-state index is -0.115. The second kappa shape index (κ2) is 7.28. The largest absolute Gasteiger partial charge is 0.453 e. The van der Waals surface area contributed by atoms with E-state index < -0.39 is 0 Å². The van der Waals surface area contributed by atoms with Gasteiger partial charge in [-0.15, -0.1) is 10.2 Å². The van der Waals surface area contributed by atoms with Gasteiger partial charge in [0, 0.05) is 10.9 Å². The number of rotatable bonds is 5. The van der Waals surface area contributed by atoms with Crippen LogP contribution in [-0.4, -0.2) is 21.7 Å². The molecule has 5 nitrogen and oxygen atoms in total. The first-order chi connectivity index (χ1) is 13.4. The summed E-state index contributed by atoms with van der Waals surface area (Å²) in [5.41, 5.74) is 2.89. The van der Waals surface area contributed by atoms with Crippen LogP contribution in [0.3, 0.4) is 0 Å². The Hall–Kier alpha value is -2.86. The molecule has 0 aliphatic carbocycles. The van der Waals surface area contributed by atoms with Gasteiger partial charge in [0.15, 0.2) is 5.76 Å². The normalized spacial score (nSPS) is 11.8. The third kappa shape index (κ3) is 3.87. The first-order valence-electron chi connectivity index (χ1n) is 8.99. The molecule has 0 spiro atoms. The van der Waals surface area contributed by atoms with Crippen molar-refractivity contribution in [2.45, 2.75) is 31.4 Å². The highest BCUT2D eigenvalue weighted by molar-refractivity contribution is 7.99. The molecular formula is C22H20N2O3S.